The van der Waals surface area contributed by atoms with Crippen LogP contribution in [0, 0.1) is 11.8 Å². The van der Waals surface area contributed by atoms with E-state index in [1.807, 2.05) is 60.7 Å². The Hall–Kier alpha value is -3.14. The minimum Gasteiger partial charge on any atom is -0.352 e. The third-order valence-corrected chi connectivity index (χ3v) is 4.60. The predicted octanol–water partition coefficient (Wildman–Crippen LogP) is 3.31. The second-order valence-corrected chi connectivity index (χ2v) is 6.66. The van der Waals surface area contributed by atoms with Crippen molar-refractivity contribution in [2.45, 2.75) is 12.8 Å². The maximum atomic E-state index is 13.0. The van der Waals surface area contributed by atoms with Gasteiger partial charge in [0.2, 0.25) is 11.8 Å². The summed E-state index contributed by atoms with van der Waals surface area (Å²) >= 11 is 0. The van der Waals surface area contributed by atoms with Crippen LogP contribution in [0.25, 0.3) is 0 Å². The molecular formula is C24H28N2O2. The van der Waals surface area contributed by atoms with Crippen molar-refractivity contribution in [1.29, 1.82) is 0 Å². The summed E-state index contributed by atoms with van der Waals surface area (Å²) in [5.41, 5.74) is 2.05. The molecule has 0 spiro atoms. The molecule has 0 unspecified atom stereocenters. The van der Waals surface area contributed by atoms with Crippen LogP contribution in [0.15, 0.2) is 86.0 Å². The minimum atomic E-state index is -0.493. The van der Waals surface area contributed by atoms with Gasteiger partial charge < -0.3 is 10.6 Å². The van der Waals surface area contributed by atoms with Crippen LogP contribution in [-0.4, -0.2) is 24.9 Å². The van der Waals surface area contributed by atoms with Gasteiger partial charge in [-0.1, -0.05) is 72.8 Å². The lowest BCUT2D eigenvalue weighted by Gasteiger charge is -2.26. The summed E-state index contributed by atoms with van der Waals surface area (Å²) in [5, 5.41) is 5.75. The van der Waals surface area contributed by atoms with Gasteiger partial charge in [-0.25, -0.2) is 0 Å². The van der Waals surface area contributed by atoms with Gasteiger partial charge in [-0.2, -0.15) is 0 Å². The number of nitrogens with one attached hydrogen (secondary N) is 2. The van der Waals surface area contributed by atoms with E-state index in [4.69, 9.17) is 0 Å². The molecule has 2 aromatic carbocycles. The second-order valence-electron chi connectivity index (χ2n) is 6.66. The Labute approximate surface area is 167 Å². The first-order valence-corrected chi connectivity index (χ1v) is 9.50. The Morgan fingerprint density at radius 3 is 1.39 bits per heavy atom. The van der Waals surface area contributed by atoms with Crippen LogP contribution in [0.5, 0.6) is 0 Å². The zero-order valence-electron chi connectivity index (χ0n) is 16.1. The molecule has 146 valence electrons. The molecule has 2 aromatic rings. The fourth-order valence-corrected chi connectivity index (χ4v) is 3.18. The van der Waals surface area contributed by atoms with E-state index in [0.717, 1.165) is 11.1 Å². The average molecular weight is 377 g/mol. The summed E-state index contributed by atoms with van der Waals surface area (Å²) in [4.78, 5) is 25.9. The molecule has 0 bridgehead atoms. The quantitative estimate of drug-likeness (QED) is 0.591. The van der Waals surface area contributed by atoms with Crippen LogP contribution in [0.4, 0.5) is 0 Å². The molecular weight excluding hydrogens is 348 g/mol. The van der Waals surface area contributed by atoms with Gasteiger partial charge in [0.25, 0.3) is 0 Å². The van der Waals surface area contributed by atoms with E-state index in [2.05, 4.69) is 23.8 Å². The van der Waals surface area contributed by atoms with Gasteiger partial charge in [-0.3, -0.25) is 9.59 Å². The summed E-state index contributed by atoms with van der Waals surface area (Å²) < 4.78 is 0. The standard InChI is InChI=1S/C24H28N2O2/c1-3-15-25-23(27)21(17-19-11-7-5-8-12-19)22(24(28)26-16-4-2)18-20-13-9-6-10-14-20/h3-14,21-22H,1-2,15-18H2,(H,25,27)(H,26,28)/t21-,22+. The summed E-state index contributed by atoms with van der Waals surface area (Å²) in [7, 11) is 0. The van der Waals surface area contributed by atoms with Crippen molar-refractivity contribution in [2.24, 2.45) is 11.8 Å². The monoisotopic (exact) mass is 376 g/mol. The van der Waals surface area contributed by atoms with Gasteiger partial charge in [0.1, 0.15) is 0 Å². The lowest BCUT2D eigenvalue weighted by atomic mass is 9.81. The molecule has 0 heterocycles. The van der Waals surface area contributed by atoms with E-state index in [0.29, 0.717) is 25.9 Å². The number of benzene rings is 2. The first-order chi connectivity index (χ1) is 13.7. The molecule has 0 aromatic heterocycles. The molecule has 2 rings (SSSR count). The Morgan fingerprint density at radius 2 is 1.07 bits per heavy atom. The molecule has 4 heteroatoms. The van der Waals surface area contributed by atoms with Crippen LogP contribution in [-0.2, 0) is 22.4 Å². The van der Waals surface area contributed by atoms with Gasteiger partial charge in [-0.15, -0.1) is 13.2 Å². The number of amides is 2. The summed E-state index contributed by atoms with van der Waals surface area (Å²) in [6.45, 7) is 8.06. The van der Waals surface area contributed by atoms with Gasteiger partial charge >= 0.3 is 0 Å². The van der Waals surface area contributed by atoms with Crippen LogP contribution in [0.1, 0.15) is 11.1 Å². The number of hydrogen-bond acceptors (Lipinski definition) is 2. The molecule has 0 saturated carbocycles. The molecule has 0 aliphatic carbocycles. The summed E-state index contributed by atoms with van der Waals surface area (Å²) in [6.07, 6.45) is 4.26. The van der Waals surface area contributed by atoms with E-state index in [9.17, 15) is 9.59 Å². The largest absolute Gasteiger partial charge is 0.352 e. The Morgan fingerprint density at radius 1 is 0.714 bits per heavy atom. The van der Waals surface area contributed by atoms with Gasteiger partial charge in [0, 0.05) is 13.1 Å². The predicted molar refractivity (Wildman–Crippen MR) is 114 cm³/mol. The number of carbonyl (C=O) groups is 2. The number of hydrogen-bond donors (Lipinski definition) is 2. The second kappa shape index (κ2) is 11.5. The van der Waals surface area contributed by atoms with Crippen molar-refractivity contribution in [1.82, 2.24) is 10.6 Å². The highest BCUT2D eigenvalue weighted by Crippen LogP contribution is 2.23. The van der Waals surface area contributed by atoms with E-state index >= 15 is 0 Å². The van der Waals surface area contributed by atoms with Crippen molar-refractivity contribution in [3.8, 4) is 0 Å². The molecule has 2 atom stereocenters. The van der Waals surface area contributed by atoms with Gasteiger partial charge in [0.05, 0.1) is 11.8 Å². The smallest absolute Gasteiger partial charge is 0.224 e. The van der Waals surface area contributed by atoms with E-state index in [1.54, 1.807) is 12.2 Å². The van der Waals surface area contributed by atoms with Gasteiger partial charge in [-0.05, 0) is 24.0 Å². The normalized spacial score (nSPS) is 12.4. The molecule has 0 aliphatic heterocycles. The zero-order valence-corrected chi connectivity index (χ0v) is 16.1. The lowest BCUT2D eigenvalue weighted by Crippen LogP contribution is -2.44. The van der Waals surface area contributed by atoms with Crippen LogP contribution in [0.3, 0.4) is 0 Å². The SMILES string of the molecule is C=CCNC(=O)[C@@H](Cc1ccccc1)[C@@H](Cc1ccccc1)C(=O)NCC=C. The van der Waals surface area contributed by atoms with Crippen LogP contribution >= 0.6 is 0 Å². The highest BCUT2D eigenvalue weighted by atomic mass is 16.2. The first kappa shape index (κ1) is 21.2. The minimum absolute atomic E-state index is 0.140. The maximum Gasteiger partial charge on any atom is 0.224 e. The highest BCUT2D eigenvalue weighted by Gasteiger charge is 2.33. The van der Waals surface area contributed by atoms with Crippen molar-refractivity contribution >= 4 is 11.8 Å². The highest BCUT2D eigenvalue weighted by molar-refractivity contribution is 5.88. The molecule has 2 N–H and O–H groups in total. The summed E-state index contributed by atoms with van der Waals surface area (Å²) in [5.74, 6) is -1.27. The third-order valence-electron chi connectivity index (χ3n) is 4.60. The summed E-state index contributed by atoms with van der Waals surface area (Å²) in [6, 6.07) is 19.6. The molecule has 2 amide bonds. The van der Waals surface area contributed by atoms with Crippen molar-refractivity contribution in [3.63, 3.8) is 0 Å². The zero-order chi connectivity index (χ0) is 20.2. The Kier molecular flexibility index (Phi) is 8.73. The van der Waals surface area contributed by atoms with Crippen LogP contribution < -0.4 is 10.6 Å². The molecule has 0 aliphatic rings. The van der Waals surface area contributed by atoms with E-state index < -0.39 is 11.8 Å². The molecule has 0 saturated heterocycles. The Bertz CT molecular complexity index is 704. The topological polar surface area (TPSA) is 58.2 Å². The number of rotatable bonds is 11. The third kappa shape index (κ3) is 6.54. The van der Waals surface area contributed by atoms with E-state index in [-0.39, 0.29) is 11.8 Å². The fraction of sp³-hybridized carbons (Fsp3) is 0.250. The van der Waals surface area contributed by atoms with Crippen molar-refractivity contribution in [2.75, 3.05) is 13.1 Å². The Balaban J connectivity index is 2.33. The molecule has 0 fully saturated rings. The van der Waals surface area contributed by atoms with Gasteiger partial charge in [0.15, 0.2) is 0 Å². The molecule has 4 nitrogen and oxygen atoms in total. The fourth-order valence-electron chi connectivity index (χ4n) is 3.18. The first-order valence-electron chi connectivity index (χ1n) is 9.50. The lowest BCUT2D eigenvalue weighted by molar-refractivity contribution is -0.134. The maximum absolute atomic E-state index is 13.0. The number of carbonyl (C=O) groups excluding carboxylic acids is 2. The molecule has 0 radical (unpaired) electrons. The van der Waals surface area contributed by atoms with E-state index in [1.165, 1.54) is 0 Å². The van der Waals surface area contributed by atoms with Crippen molar-refractivity contribution < 1.29 is 9.59 Å². The van der Waals surface area contributed by atoms with Crippen molar-refractivity contribution in [3.05, 3.63) is 97.1 Å². The average Bonchev–Trinajstić information content (AvgIpc) is 2.74. The van der Waals surface area contributed by atoms with Crippen LogP contribution in [0.2, 0.25) is 0 Å². The molecule has 28 heavy (non-hydrogen) atoms.